The van der Waals surface area contributed by atoms with Gasteiger partial charge in [0.2, 0.25) is 0 Å². The Morgan fingerprint density at radius 2 is 0.643 bits per heavy atom. The summed E-state index contributed by atoms with van der Waals surface area (Å²) in [6.07, 6.45) is 0. The first kappa shape index (κ1) is 18.8. The van der Waals surface area contributed by atoms with E-state index in [0.717, 1.165) is 14.3 Å². The molecule has 0 unspecified atom stereocenters. The van der Waals surface area contributed by atoms with E-state index in [1.54, 1.807) is 0 Å². The molecule has 0 aliphatic carbocycles. The van der Waals surface area contributed by atoms with Crippen LogP contribution in [0.3, 0.4) is 0 Å². The van der Waals surface area contributed by atoms with E-state index in [1.807, 2.05) is 54.6 Å². The molecule has 138 valence electrons. The standard InChI is InChI=1S/3C6H4F.C6H5.Sn/c3*7-6-4-2-1-3-5-6;1-2-4-6-5-3-1;/h3*2-5H;1-5H;. The Morgan fingerprint density at radius 1 is 0.357 bits per heavy atom. The number of benzene rings is 4. The van der Waals surface area contributed by atoms with Gasteiger partial charge in [0.05, 0.1) is 0 Å². The molecular weight excluding hydrogens is 464 g/mol. The molecule has 0 spiro atoms. The van der Waals surface area contributed by atoms with E-state index in [4.69, 9.17) is 0 Å². The van der Waals surface area contributed by atoms with Crippen molar-refractivity contribution in [2.75, 3.05) is 0 Å². The SMILES string of the molecule is Fc1cc[c]([Sn]([c]2ccccc2)([c]2ccc(F)cc2)[c]2ccc(F)cc2)cc1. The van der Waals surface area contributed by atoms with Crippen molar-refractivity contribution < 1.29 is 13.2 Å². The van der Waals surface area contributed by atoms with E-state index in [1.165, 1.54) is 36.4 Å². The molecule has 0 saturated heterocycles. The Morgan fingerprint density at radius 3 is 0.964 bits per heavy atom. The molecule has 0 radical (unpaired) electrons. The second kappa shape index (κ2) is 7.84. The van der Waals surface area contributed by atoms with Gasteiger partial charge in [0.25, 0.3) is 0 Å². The van der Waals surface area contributed by atoms with E-state index in [-0.39, 0.29) is 17.5 Å². The van der Waals surface area contributed by atoms with Gasteiger partial charge in [0, 0.05) is 0 Å². The number of hydrogen-bond donors (Lipinski definition) is 0. The average Bonchev–Trinajstić information content (AvgIpc) is 2.73. The molecule has 0 fully saturated rings. The van der Waals surface area contributed by atoms with Gasteiger partial charge in [-0.15, -0.1) is 0 Å². The quantitative estimate of drug-likeness (QED) is 0.392. The Balaban J connectivity index is 2.11. The van der Waals surface area contributed by atoms with Gasteiger partial charge in [-0.05, 0) is 0 Å². The van der Waals surface area contributed by atoms with E-state index in [0.29, 0.717) is 0 Å². The van der Waals surface area contributed by atoms with E-state index >= 15 is 0 Å². The van der Waals surface area contributed by atoms with E-state index in [9.17, 15) is 13.2 Å². The van der Waals surface area contributed by atoms with Crippen LogP contribution in [0.1, 0.15) is 0 Å². The normalized spacial score (nSPS) is 11.4. The number of rotatable bonds is 4. The second-order valence-corrected chi connectivity index (χ2v) is 17.5. The molecule has 0 nitrogen and oxygen atoms in total. The third-order valence-corrected chi connectivity index (χ3v) is 18.7. The molecule has 0 aliphatic heterocycles. The van der Waals surface area contributed by atoms with Gasteiger partial charge >= 0.3 is 166 Å². The predicted octanol–water partition coefficient (Wildman–Crippen LogP) is 3.48. The van der Waals surface area contributed by atoms with Gasteiger partial charge in [-0.25, -0.2) is 0 Å². The van der Waals surface area contributed by atoms with Crippen LogP contribution in [-0.2, 0) is 0 Å². The summed E-state index contributed by atoms with van der Waals surface area (Å²) in [5.41, 5.74) is 0. The number of hydrogen-bond acceptors (Lipinski definition) is 0. The molecule has 0 amide bonds. The summed E-state index contributed by atoms with van der Waals surface area (Å²) in [6, 6.07) is 29.6. The summed E-state index contributed by atoms with van der Waals surface area (Å²) in [7, 11) is 0. The van der Waals surface area contributed by atoms with Crippen LogP contribution in [0.4, 0.5) is 13.2 Å². The fraction of sp³-hybridized carbons (Fsp3) is 0. The Kier molecular flexibility index (Phi) is 5.27. The Labute approximate surface area is 166 Å². The van der Waals surface area contributed by atoms with Crippen molar-refractivity contribution in [1.82, 2.24) is 0 Å². The second-order valence-electron chi connectivity index (χ2n) is 6.64. The van der Waals surface area contributed by atoms with Crippen molar-refractivity contribution in [3.63, 3.8) is 0 Å². The molecule has 4 heteroatoms. The molecule has 0 aromatic heterocycles. The van der Waals surface area contributed by atoms with Crippen LogP contribution in [0.25, 0.3) is 0 Å². The first-order chi connectivity index (χ1) is 13.6. The van der Waals surface area contributed by atoms with Gasteiger partial charge in [-0.3, -0.25) is 0 Å². The summed E-state index contributed by atoms with van der Waals surface area (Å²) in [5.74, 6) is -0.930. The zero-order chi connectivity index (χ0) is 19.6. The monoisotopic (exact) mass is 482 g/mol. The molecule has 4 aromatic rings. The maximum absolute atomic E-state index is 13.7. The Bertz CT molecular complexity index is 947. The molecule has 0 bridgehead atoms. The molecule has 28 heavy (non-hydrogen) atoms. The zero-order valence-electron chi connectivity index (χ0n) is 14.9. The number of halogens is 3. The molecule has 4 aromatic carbocycles. The molecule has 0 saturated carbocycles. The predicted molar refractivity (Wildman–Crippen MR) is 110 cm³/mol. The Hall–Kier alpha value is -2.53. The fourth-order valence-corrected chi connectivity index (χ4v) is 17.2. The zero-order valence-corrected chi connectivity index (χ0v) is 17.8. The van der Waals surface area contributed by atoms with Crippen molar-refractivity contribution in [3.8, 4) is 0 Å². The first-order valence-corrected chi connectivity index (χ1v) is 14.6. The minimum absolute atomic E-state index is 0.310. The van der Waals surface area contributed by atoms with Gasteiger partial charge in [-0.1, -0.05) is 0 Å². The molecule has 0 N–H and O–H groups in total. The van der Waals surface area contributed by atoms with E-state index in [2.05, 4.69) is 12.1 Å². The van der Waals surface area contributed by atoms with Crippen molar-refractivity contribution >= 4 is 32.7 Å². The fourth-order valence-electron chi connectivity index (χ4n) is 3.79. The van der Waals surface area contributed by atoms with Crippen molar-refractivity contribution in [3.05, 3.63) is 121 Å². The van der Waals surface area contributed by atoms with Crippen molar-refractivity contribution in [1.29, 1.82) is 0 Å². The van der Waals surface area contributed by atoms with Gasteiger partial charge in [0.1, 0.15) is 0 Å². The third-order valence-electron chi connectivity index (χ3n) is 5.04. The molecular formula is C24H17F3Sn. The third kappa shape index (κ3) is 3.35. The molecule has 0 atom stereocenters. The van der Waals surface area contributed by atoms with Crippen LogP contribution in [0.2, 0.25) is 0 Å². The van der Waals surface area contributed by atoms with Crippen LogP contribution < -0.4 is 14.3 Å². The summed E-state index contributed by atoms with van der Waals surface area (Å²) >= 11 is -3.90. The topological polar surface area (TPSA) is 0 Å². The first-order valence-electron chi connectivity index (χ1n) is 8.94. The van der Waals surface area contributed by atoms with Gasteiger partial charge in [0.15, 0.2) is 0 Å². The van der Waals surface area contributed by atoms with Gasteiger partial charge < -0.3 is 0 Å². The van der Waals surface area contributed by atoms with Crippen LogP contribution in [0, 0.1) is 17.5 Å². The van der Waals surface area contributed by atoms with Gasteiger partial charge in [-0.2, -0.15) is 0 Å². The van der Waals surface area contributed by atoms with Crippen LogP contribution in [0.5, 0.6) is 0 Å². The van der Waals surface area contributed by atoms with Crippen molar-refractivity contribution in [2.24, 2.45) is 0 Å². The minimum atomic E-state index is -3.90. The molecule has 0 heterocycles. The van der Waals surface area contributed by atoms with Crippen LogP contribution in [0.15, 0.2) is 103 Å². The summed E-state index contributed by atoms with van der Waals surface area (Å²) in [5, 5.41) is 0. The molecule has 4 rings (SSSR count). The van der Waals surface area contributed by atoms with Crippen LogP contribution >= 0.6 is 0 Å². The van der Waals surface area contributed by atoms with E-state index < -0.39 is 18.4 Å². The summed E-state index contributed by atoms with van der Waals surface area (Å²) in [6.45, 7) is 0. The average molecular weight is 481 g/mol. The van der Waals surface area contributed by atoms with Crippen molar-refractivity contribution in [2.45, 2.75) is 0 Å². The maximum atomic E-state index is 13.7. The summed E-state index contributed by atoms with van der Waals surface area (Å²) in [4.78, 5) is 0. The van der Waals surface area contributed by atoms with Crippen LogP contribution in [-0.4, -0.2) is 18.4 Å². The summed E-state index contributed by atoms with van der Waals surface area (Å²) < 4.78 is 45.3. The molecule has 0 aliphatic rings.